The Hall–Kier alpha value is -0.500. The van der Waals surface area contributed by atoms with E-state index in [4.69, 9.17) is 4.74 Å². The summed E-state index contributed by atoms with van der Waals surface area (Å²) in [4.78, 5) is 2.38. The van der Waals surface area contributed by atoms with E-state index in [0.29, 0.717) is 6.10 Å². The maximum absolute atomic E-state index is 5.26. The molecular weight excluding hydrogens is 126 g/mol. The zero-order chi connectivity index (χ0) is 7.40. The minimum absolute atomic E-state index is 0.400. The smallest absolute Gasteiger partial charge is 0.112 e. The van der Waals surface area contributed by atoms with Crippen LogP contribution in [0.1, 0.15) is 13.3 Å². The van der Waals surface area contributed by atoms with Crippen molar-refractivity contribution in [3.8, 4) is 0 Å². The van der Waals surface area contributed by atoms with Crippen molar-refractivity contribution in [2.24, 2.45) is 0 Å². The first-order chi connectivity index (χ1) is 4.86. The van der Waals surface area contributed by atoms with Gasteiger partial charge in [-0.3, -0.25) is 4.90 Å². The molecule has 2 nitrogen and oxygen atoms in total. The first-order valence-corrected chi connectivity index (χ1v) is 3.85. The molecule has 1 saturated heterocycles. The number of nitrogens with zero attached hydrogens (tertiary/aromatic N) is 1. The molecule has 0 aromatic carbocycles. The van der Waals surface area contributed by atoms with Gasteiger partial charge in [0.05, 0.1) is 6.26 Å². The fraction of sp³-hybridized carbons (Fsp3) is 0.750. The van der Waals surface area contributed by atoms with E-state index < -0.39 is 0 Å². The zero-order valence-electron chi connectivity index (χ0n) is 6.55. The van der Waals surface area contributed by atoms with Gasteiger partial charge in [-0.2, -0.15) is 0 Å². The first-order valence-electron chi connectivity index (χ1n) is 3.85. The van der Waals surface area contributed by atoms with Gasteiger partial charge in [0.2, 0.25) is 0 Å². The molecule has 10 heavy (non-hydrogen) atoms. The highest BCUT2D eigenvalue weighted by atomic mass is 16.5. The number of hydrogen-bond donors (Lipinski definition) is 0. The predicted molar refractivity (Wildman–Crippen MR) is 41.8 cm³/mol. The van der Waals surface area contributed by atoms with Crippen molar-refractivity contribution in [1.29, 1.82) is 0 Å². The van der Waals surface area contributed by atoms with Gasteiger partial charge in [0, 0.05) is 13.1 Å². The van der Waals surface area contributed by atoms with Gasteiger partial charge in [0.25, 0.3) is 0 Å². The minimum atomic E-state index is 0.400. The summed E-state index contributed by atoms with van der Waals surface area (Å²) in [5, 5.41) is 0. The number of likely N-dealkylation sites (N-methyl/N-ethyl adjacent to an activating group) is 1. The van der Waals surface area contributed by atoms with Crippen LogP contribution in [0.2, 0.25) is 0 Å². The van der Waals surface area contributed by atoms with Crippen molar-refractivity contribution < 1.29 is 4.74 Å². The lowest BCUT2D eigenvalue weighted by Gasteiger charge is -2.11. The zero-order valence-corrected chi connectivity index (χ0v) is 6.55. The molecule has 0 radical (unpaired) electrons. The van der Waals surface area contributed by atoms with E-state index in [-0.39, 0.29) is 0 Å². The Morgan fingerprint density at radius 3 is 3.10 bits per heavy atom. The molecule has 0 bridgehead atoms. The Kier molecular flexibility index (Phi) is 2.75. The SMILES string of the molecule is C=CO[C@H]1CCN(CC)C1. The van der Waals surface area contributed by atoms with Crippen molar-refractivity contribution >= 4 is 0 Å². The molecule has 1 aliphatic rings. The van der Waals surface area contributed by atoms with Crippen molar-refractivity contribution in [3.63, 3.8) is 0 Å². The maximum atomic E-state index is 5.26. The van der Waals surface area contributed by atoms with Gasteiger partial charge in [-0.25, -0.2) is 0 Å². The van der Waals surface area contributed by atoms with Gasteiger partial charge >= 0.3 is 0 Å². The lowest BCUT2D eigenvalue weighted by Crippen LogP contribution is -2.21. The summed E-state index contributed by atoms with van der Waals surface area (Å²) in [5.41, 5.74) is 0. The molecule has 1 atom stereocenters. The molecule has 0 saturated carbocycles. The molecule has 1 fully saturated rings. The Labute approximate surface area is 62.5 Å². The number of hydrogen-bond acceptors (Lipinski definition) is 2. The van der Waals surface area contributed by atoms with Crippen LogP contribution in [0.3, 0.4) is 0 Å². The third-order valence-electron chi connectivity index (χ3n) is 1.97. The number of likely N-dealkylation sites (tertiary alicyclic amines) is 1. The van der Waals surface area contributed by atoms with Crippen LogP contribution in [0.15, 0.2) is 12.8 Å². The molecule has 0 aromatic rings. The lowest BCUT2D eigenvalue weighted by molar-refractivity contribution is 0.149. The van der Waals surface area contributed by atoms with Gasteiger partial charge in [-0.1, -0.05) is 13.5 Å². The second-order valence-corrected chi connectivity index (χ2v) is 2.61. The fourth-order valence-corrected chi connectivity index (χ4v) is 1.33. The highest BCUT2D eigenvalue weighted by Crippen LogP contribution is 2.11. The number of ether oxygens (including phenoxy) is 1. The molecule has 0 aromatic heterocycles. The van der Waals surface area contributed by atoms with Gasteiger partial charge in [0.1, 0.15) is 6.10 Å². The Morgan fingerprint density at radius 2 is 2.60 bits per heavy atom. The van der Waals surface area contributed by atoms with E-state index >= 15 is 0 Å². The van der Waals surface area contributed by atoms with Crippen molar-refractivity contribution in [2.45, 2.75) is 19.4 Å². The molecule has 0 N–H and O–H groups in total. The summed E-state index contributed by atoms with van der Waals surface area (Å²) >= 11 is 0. The van der Waals surface area contributed by atoms with Crippen LogP contribution >= 0.6 is 0 Å². The molecule has 2 heteroatoms. The van der Waals surface area contributed by atoms with E-state index in [1.807, 2.05) is 0 Å². The largest absolute Gasteiger partial charge is 0.497 e. The standard InChI is InChI=1S/C8H15NO/c1-3-9-6-5-8(7-9)10-4-2/h4,8H,2-3,5-7H2,1H3/t8-/m0/s1. The summed E-state index contributed by atoms with van der Waals surface area (Å²) in [6, 6.07) is 0. The lowest BCUT2D eigenvalue weighted by atomic mass is 10.3. The van der Waals surface area contributed by atoms with Crippen molar-refractivity contribution in [1.82, 2.24) is 4.90 Å². The minimum Gasteiger partial charge on any atom is -0.497 e. The van der Waals surface area contributed by atoms with Crippen LogP contribution in [0.4, 0.5) is 0 Å². The molecule has 0 amide bonds. The summed E-state index contributed by atoms with van der Waals surface area (Å²) in [6.07, 6.45) is 3.10. The van der Waals surface area contributed by atoms with Crippen molar-refractivity contribution in [3.05, 3.63) is 12.8 Å². The van der Waals surface area contributed by atoms with Gasteiger partial charge in [-0.05, 0) is 13.0 Å². The molecule has 1 rings (SSSR count). The van der Waals surface area contributed by atoms with Crippen LogP contribution < -0.4 is 0 Å². The van der Waals surface area contributed by atoms with Crippen LogP contribution in [-0.4, -0.2) is 30.6 Å². The molecular formula is C8H15NO. The summed E-state index contributed by atoms with van der Waals surface area (Å²) in [6.45, 7) is 9.09. The van der Waals surface area contributed by atoms with E-state index in [9.17, 15) is 0 Å². The van der Waals surface area contributed by atoms with E-state index in [0.717, 1.165) is 19.5 Å². The average molecular weight is 141 g/mol. The summed E-state index contributed by atoms with van der Waals surface area (Å²) in [7, 11) is 0. The van der Waals surface area contributed by atoms with Crippen LogP contribution in [0, 0.1) is 0 Å². The van der Waals surface area contributed by atoms with E-state index in [2.05, 4.69) is 18.4 Å². The maximum Gasteiger partial charge on any atom is 0.112 e. The second kappa shape index (κ2) is 3.62. The van der Waals surface area contributed by atoms with Crippen LogP contribution in [0.25, 0.3) is 0 Å². The Morgan fingerprint density at radius 1 is 1.80 bits per heavy atom. The summed E-state index contributed by atoms with van der Waals surface area (Å²) < 4.78 is 5.26. The molecule has 0 unspecified atom stereocenters. The Balaban J connectivity index is 2.21. The summed E-state index contributed by atoms with van der Waals surface area (Å²) in [5.74, 6) is 0. The number of rotatable bonds is 3. The van der Waals surface area contributed by atoms with Crippen molar-refractivity contribution in [2.75, 3.05) is 19.6 Å². The monoisotopic (exact) mass is 141 g/mol. The predicted octanol–water partition coefficient (Wildman–Crippen LogP) is 1.24. The van der Waals surface area contributed by atoms with Gasteiger partial charge in [-0.15, -0.1) is 0 Å². The van der Waals surface area contributed by atoms with Crippen LogP contribution in [0.5, 0.6) is 0 Å². The fourth-order valence-electron chi connectivity index (χ4n) is 1.33. The molecule has 0 spiro atoms. The highest BCUT2D eigenvalue weighted by molar-refractivity contribution is 4.76. The molecule has 58 valence electrons. The normalized spacial score (nSPS) is 26.7. The highest BCUT2D eigenvalue weighted by Gasteiger charge is 2.20. The topological polar surface area (TPSA) is 12.5 Å². The van der Waals surface area contributed by atoms with Crippen LogP contribution in [-0.2, 0) is 4.74 Å². The van der Waals surface area contributed by atoms with E-state index in [1.54, 1.807) is 6.26 Å². The van der Waals surface area contributed by atoms with Gasteiger partial charge in [0.15, 0.2) is 0 Å². The quantitative estimate of drug-likeness (QED) is 0.548. The second-order valence-electron chi connectivity index (χ2n) is 2.61. The first kappa shape index (κ1) is 7.61. The van der Waals surface area contributed by atoms with E-state index in [1.165, 1.54) is 6.54 Å². The molecule has 1 aliphatic heterocycles. The molecule has 1 heterocycles. The third-order valence-corrected chi connectivity index (χ3v) is 1.97. The van der Waals surface area contributed by atoms with Gasteiger partial charge < -0.3 is 4.74 Å². The Bertz CT molecular complexity index is 114. The third kappa shape index (κ3) is 1.74. The molecule has 0 aliphatic carbocycles. The average Bonchev–Trinajstić information content (AvgIpc) is 2.37.